The Balaban J connectivity index is 2.10. The number of halogens is 2. The lowest BCUT2D eigenvalue weighted by molar-refractivity contribution is 0.284. The van der Waals surface area contributed by atoms with Crippen LogP contribution >= 0.6 is 11.6 Å². The molecule has 0 amide bonds. The summed E-state index contributed by atoms with van der Waals surface area (Å²) in [6.07, 6.45) is 1.48. The molecule has 0 saturated heterocycles. The van der Waals surface area contributed by atoms with E-state index in [0.29, 0.717) is 11.3 Å². The predicted octanol–water partition coefficient (Wildman–Crippen LogP) is 2.75. The topological polar surface area (TPSA) is 39.9 Å². The Hall–Kier alpha value is -1.62. The van der Waals surface area contributed by atoms with Crippen LogP contribution in [0.15, 0.2) is 24.5 Å². The summed E-state index contributed by atoms with van der Waals surface area (Å²) in [5.41, 5.74) is 0.624. The summed E-state index contributed by atoms with van der Waals surface area (Å²) in [4.78, 5) is 4.09. The molecule has 96 valence electrons. The second-order valence-corrected chi connectivity index (χ2v) is 3.93. The smallest absolute Gasteiger partial charge is 0.164 e. The molecule has 6 heteroatoms. The van der Waals surface area contributed by atoms with Crippen molar-refractivity contribution in [3.63, 3.8) is 0 Å². The molecule has 18 heavy (non-hydrogen) atoms. The maximum absolute atomic E-state index is 13.0. The van der Waals surface area contributed by atoms with E-state index in [1.165, 1.54) is 18.5 Å². The van der Waals surface area contributed by atoms with Crippen molar-refractivity contribution in [1.82, 2.24) is 14.8 Å². The van der Waals surface area contributed by atoms with Gasteiger partial charge in [0.1, 0.15) is 24.5 Å². The van der Waals surface area contributed by atoms with Gasteiger partial charge >= 0.3 is 0 Å². The summed E-state index contributed by atoms with van der Waals surface area (Å²) >= 11 is 5.74. The van der Waals surface area contributed by atoms with Crippen LogP contribution in [0.1, 0.15) is 18.3 Å². The van der Waals surface area contributed by atoms with Crippen LogP contribution in [0.5, 0.6) is 5.75 Å². The average Bonchev–Trinajstić information content (AvgIpc) is 2.84. The van der Waals surface area contributed by atoms with Gasteiger partial charge in [0.05, 0.1) is 5.88 Å². The molecule has 0 aliphatic heterocycles. The maximum atomic E-state index is 13.0. The molecule has 1 aromatic carbocycles. The molecule has 1 heterocycles. The van der Waals surface area contributed by atoms with Crippen molar-refractivity contribution in [2.24, 2.45) is 0 Å². The van der Waals surface area contributed by atoms with Crippen LogP contribution in [0.2, 0.25) is 0 Å². The zero-order valence-corrected chi connectivity index (χ0v) is 10.7. The third kappa shape index (κ3) is 2.79. The molecule has 0 spiro atoms. The molecule has 1 aromatic heterocycles. The first-order valence-electron chi connectivity index (χ1n) is 5.58. The normalized spacial score (nSPS) is 10.6. The van der Waals surface area contributed by atoms with Gasteiger partial charge in [0.15, 0.2) is 5.82 Å². The van der Waals surface area contributed by atoms with Crippen LogP contribution in [0.3, 0.4) is 0 Å². The predicted molar refractivity (Wildman–Crippen MR) is 66.0 cm³/mol. The number of benzene rings is 1. The summed E-state index contributed by atoms with van der Waals surface area (Å²) in [6, 6.07) is 4.28. The number of nitrogens with zero attached hydrogens (tertiary/aromatic N) is 3. The minimum Gasteiger partial charge on any atom is -0.485 e. The molecule has 0 bridgehead atoms. The zero-order chi connectivity index (χ0) is 13.0. The number of rotatable bonds is 5. The van der Waals surface area contributed by atoms with E-state index < -0.39 is 0 Å². The van der Waals surface area contributed by atoms with Gasteiger partial charge < -0.3 is 4.74 Å². The fourth-order valence-electron chi connectivity index (χ4n) is 1.60. The standard InChI is InChI=1S/C12H13ClFN3O/c1-2-17-12(15-8-16-17)7-18-11-4-3-10(14)5-9(11)6-13/h3-5,8H,2,6-7H2,1H3. The molecular weight excluding hydrogens is 257 g/mol. The number of aryl methyl sites for hydroxylation is 1. The van der Waals surface area contributed by atoms with Gasteiger partial charge in [-0.1, -0.05) is 0 Å². The van der Waals surface area contributed by atoms with Crippen molar-refractivity contribution in [1.29, 1.82) is 0 Å². The van der Waals surface area contributed by atoms with Gasteiger partial charge in [-0.15, -0.1) is 11.6 Å². The van der Waals surface area contributed by atoms with Crippen LogP contribution < -0.4 is 4.74 Å². The molecule has 0 atom stereocenters. The highest BCUT2D eigenvalue weighted by Gasteiger charge is 2.07. The summed E-state index contributed by atoms with van der Waals surface area (Å²) < 4.78 is 20.4. The Morgan fingerprint density at radius 3 is 3.00 bits per heavy atom. The number of alkyl halides is 1. The Morgan fingerprint density at radius 1 is 1.44 bits per heavy atom. The minimum absolute atomic E-state index is 0.202. The van der Waals surface area contributed by atoms with Crippen LogP contribution in [0.4, 0.5) is 4.39 Å². The van der Waals surface area contributed by atoms with Gasteiger partial charge in [0.2, 0.25) is 0 Å². The number of hydrogen-bond acceptors (Lipinski definition) is 3. The van der Waals surface area contributed by atoms with E-state index in [4.69, 9.17) is 16.3 Å². The van der Waals surface area contributed by atoms with Crippen molar-refractivity contribution in [2.75, 3.05) is 0 Å². The average molecular weight is 270 g/mol. The highest BCUT2D eigenvalue weighted by atomic mass is 35.5. The monoisotopic (exact) mass is 269 g/mol. The van der Waals surface area contributed by atoms with Gasteiger partial charge in [-0.25, -0.2) is 14.1 Å². The quantitative estimate of drug-likeness (QED) is 0.784. The Bertz CT molecular complexity index is 530. The van der Waals surface area contributed by atoms with E-state index in [2.05, 4.69) is 10.1 Å². The molecule has 4 nitrogen and oxygen atoms in total. The fourth-order valence-corrected chi connectivity index (χ4v) is 1.81. The van der Waals surface area contributed by atoms with Crippen molar-refractivity contribution >= 4 is 11.6 Å². The SMILES string of the molecule is CCn1ncnc1COc1ccc(F)cc1CCl. The lowest BCUT2D eigenvalue weighted by atomic mass is 10.2. The van der Waals surface area contributed by atoms with E-state index >= 15 is 0 Å². The first kappa shape index (κ1) is 12.8. The third-order valence-corrected chi connectivity index (χ3v) is 2.81. The van der Waals surface area contributed by atoms with Crippen LogP contribution in [-0.4, -0.2) is 14.8 Å². The van der Waals surface area contributed by atoms with E-state index in [-0.39, 0.29) is 18.3 Å². The second-order valence-electron chi connectivity index (χ2n) is 3.67. The minimum atomic E-state index is -0.324. The highest BCUT2D eigenvalue weighted by molar-refractivity contribution is 6.17. The van der Waals surface area contributed by atoms with Crippen molar-refractivity contribution in [3.8, 4) is 5.75 Å². The van der Waals surface area contributed by atoms with Crippen molar-refractivity contribution < 1.29 is 9.13 Å². The van der Waals surface area contributed by atoms with Gasteiger partial charge in [-0.2, -0.15) is 5.10 Å². The largest absolute Gasteiger partial charge is 0.485 e. The maximum Gasteiger partial charge on any atom is 0.164 e. The Kier molecular flexibility index (Phi) is 4.15. The van der Waals surface area contributed by atoms with Gasteiger partial charge in [0.25, 0.3) is 0 Å². The third-order valence-electron chi connectivity index (χ3n) is 2.52. The van der Waals surface area contributed by atoms with Crippen LogP contribution in [0.25, 0.3) is 0 Å². The second kappa shape index (κ2) is 5.82. The Morgan fingerprint density at radius 2 is 2.28 bits per heavy atom. The first-order chi connectivity index (χ1) is 8.74. The van der Waals surface area contributed by atoms with E-state index in [0.717, 1.165) is 12.4 Å². The fraction of sp³-hybridized carbons (Fsp3) is 0.333. The molecule has 2 aromatic rings. The van der Waals surface area contributed by atoms with Gasteiger partial charge in [-0.3, -0.25) is 0 Å². The molecule has 2 rings (SSSR count). The molecule has 0 fully saturated rings. The first-order valence-corrected chi connectivity index (χ1v) is 6.12. The van der Waals surface area contributed by atoms with Crippen molar-refractivity contribution in [3.05, 3.63) is 41.7 Å². The summed E-state index contributed by atoms with van der Waals surface area (Å²) in [5, 5.41) is 4.04. The van der Waals surface area contributed by atoms with Crippen LogP contribution in [0, 0.1) is 5.82 Å². The van der Waals surface area contributed by atoms with Gasteiger partial charge in [0, 0.05) is 12.1 Å². The summed E-state index contributed by atoms with van der Waals surface area (Å²) in [6.45, 7) is 2.98. The highest BCUT2D eigenvalue weighted by Crippen LogP contribution is 2.22. The lowest BCUT2D eigenvalue weighted by Crippen LogP contribution is -2.08. The lowest BCUT2D eigenvalue weighted by Gasteiger charge is -2.10. The number of hydrogen-bond donors (Lipinski definition) is 0. The molecule has 0 aliphatic carbocycles. The van der Waals surface area contributed by atoms with E-state index in [9.17, 15) is 4.39 Å². The zero-order valence-electron chi connectivity index (χ0n) is 9.94. The van der Waals surface area contributed by atoms with Crippen molar-refractivity contribution in [2.45, 2.75) is 26.0 Å². The van der Waals surface area contributed by atoms with E-state index in [1.807, 2.05) is 6.92 Å². The molecule has 0 aliphatic rings. The summed E-state index contributed by atoms with van der Waals surface area (Å²) in [5.74, 6) is 1.17. The summed E-state index contributed by atoms with van der Waals surface area (Å²) in [7, 11) is 0. The molecular formula is C12H13ClFN3O. The number of ether oxygens (including phenoxy) is 1. The van der Waals surface area contributed by atoms with E-state index in [1.54, 1.807) is 10.7 Å². The van der Waals surface area contributed by atoms with Gasteiger partial charge in [-0.05, 0) is 25.1 Å². The molecule has 0 unspecified atom stereocenters. The molecule has 0 saturated carbocycles. The number of aromatic nitrogens is 3. The van der Waals surface area contributed by atoms with Crippen LogP contribution in [-0.2, 0) is 19.0 Å². The molecule has 0 N–H and O–H groups in total. The molecule has 0 radical (unpaired) electrons. The Labute approximate surface area is 109 Å².